The van der Waals surface area contributed by atoms with E-state index in [9.17, 15) is 9.90 Å². The van der Waals surface area contributed by atoms with Crippen LogP contribution in [0.4, 0.5) is 0 Å². The smallest absolute Gasteiger partial charge is 0.354 e. The first-order chi connectivity index (χ1) is 6.25. The van der Waals surface area contributed by atoms with E-state index < -0.39 is 17.3 Å². The van der Waals surface area contributed by atoms with Gasteiger partial charge in [0.25, 0.3) is 0 Å². The molecule has 0 aromatic carbocycles. The Morgan fingerprint density at radius 1 is 1.43 bits per heavy atom. The van der Waals surface area contributed by atoms with E-state index in [1.54, 1.807) is 27.8 Å². The summed E-state index contributed by atoms with van der Waals surface area (Å²) in [5.41, 5.74) is -2.13. The van der Waals surface area contributed by atoms with Gasteiger partial charge in [0.2, 0.25) is 5.72 Å². The fraction of sp³-hybridized carbons (Fsp3) is 0.900. The van der Waals surface area contributed by atoms with Crippen LogP contribution in [0.15, 0.2) is 0 Å². The van der Waals surface area contributed by atoms with Crippen LogP contribution in [0.5, 0.6) is 0 Å². The molecule has 4 nitrogen and oxygen atoms in total. The molecule has 1 unspecified atom stereocenters. The summed E-state index contributed by atoms with van der Waals surface area (Å²) in [6, 6.07) is 0. The number of nitrogens with one attached hydrogen (secondary N) is 1. The third-order valence-electron chi connectivity index (χ3n) is 1.76. The maximum Gasteiger partial charge on any atom is 0.354 e. The Bertz CT molecular complexity index is 198. The normalized spacial score (nSPS) is 16.1. The van der Waals surface area contributed by atoms with Crippen LogP contribution in [0.3, 0.4) is 0 Å². The molecule has 0 saturated heterocycles. The highest BCUT2D eigenvalue weighted by molar-refractivity contribution is 5.79. The largest absolute Gasteiger partial charge is 0.457 e. The second kappa shape index (κ2) is 4.75. The molecule has 0 spiro atoms. The average Bonchev–Trinajstić information content (AvgIpc) is 2.01. The predicted molar refractivity (Wildman–Crippen MR) is 54.8 cm³/mol. The number of aliphatic hydroxyl groups is 1. The lowest BCUT2D eigenvalue weighted by Gasteiger charge is -2.29. The number of hydrogen-bond acceptors (Lipinski definition) is 4. The van der Waals surface area contributed by atoms with E-state index in [0.29, 0.717) is 12.8 Å². The Hall–Kier alpha value is -0.610. The van der Waals surface area contributed by atoms with Gasteiger partial charge in [0.1, 0.15) is 5.60 Å². The molecule has 0 aliphatic rings. The van der Waals surface area contributed by atoms with Crippen molar-refractivity contribution in [3.05, 3.63) is 0 Å². The molecular formula is C10H21NO3. The first kappa shape index (κ1) is 13.4. The number of carbonyl (C=O) groups is 1. The molecular weight excluding hydrogens is 182 g/mol. The lowest BCUT2D eigenvalue weighted by Crippen LogP contribution is -2.52. The third kappa shape index (κ3) is 4.07. The molecule has 0 amide bonds. The van der Waals surface area contributed by atoms with Crippen molar-refractivity contribution >= 4 is 5.97 Å². The van der Waals surface area contributed by atoms with E-state index >= 15 is 0 Å². The highest BCUT2D eigenvalue weighted by atomic mass is 16.6. The molecule has 0 aliphatic carbocycles. The fourth-order valence-corrected chi connectivity index (χ4v) is 1.05. The first-order valence-corrected chi connectivity index (χ1v) is 4.90. The number of rotatable bonds is 4. The maximum atomic E-state index is 11.6. The van der Waals surface area contributed by atoms with Crippen LogP contribution in [-0.4, -0.2) is 29.4 Å². The molecule has 4 heteroatoms. The molecule has 0 saturated carbocycles. The minimum Gasteiger partial charge on any atom is -0.457 e. The molecule has 0 aromatic heterocycles. The van der Waals surface area contributed by atoms with Crippen molar-refractivity contribution in [3.8, 4) is 0 Å². The lowest BCUT2D eigenvalue weighted by atomic mass is 10.1. The summed E-state index contributed by atoms with van der Waals surface area (Å²) in [4.78, 5) is 11.6. The summed E-state index contributed by atoms with van der Waals surface area (Å²) in [6.07, 6.45) is 1.05. The highest BCUT2D eigenvalue weighted by Crippen LogP contribution is 2.16. The highest BCUT2D eigenvalue weighted by Gasteiger charge is 2.37. The van der Waals surface area contributed by atoms with Crippen molar-refractivity contribution in [2.45, 2.75) is 51.9 Å². The summed E-state index contributed by atoms with van der Waals surface area (Å²) in [5, 5.41) is 12.4. The topological polar surface area (TPSA) is 58.6 Å². The molecule has 0 heterocycles. The van der Waals surface area contributed by atoms with Crippen LogP contribution in [0.25, 0.3) is 0 Å². The van der Waals surface area contributed by atoms with Gasteiger partial charge in [-0.25, -0.2) is 4.79 Å². The van der Waals surface area contributed by atoms with Gasteiger partial charge < -0.3 is 9.84 Å². The standard InChI is InChI=1S/C10H21NO3/c1-6-7-10(13,11-5)8(12)14-9(2,3)4/h11,13H,6-7H2,1-5H3. The predicted octanol–water partition coefficient (Wildman–Crippen LogP) is 1.04. The second-order valence-corrected chi connectivity index (χ2v) is 4.36. The Kier molecular flexibility index (Phi) is 4.55. The van der Waals surface area contributed by atoms with Gasteiger partial charge in [-0.3, -0.25) is 5.32 Å². The molecule has 0 aromatic rings. The molecule has 0 bridgehead atoms. The van der Waals surface area contributed by atoms with Crippen molar-refractivity contribution < 1.29 is 14.6 Å². The van der Waals surface area contributed by atoms with Crippen LogP contribution < -0.4 is 5.32 Å². The molecule has 0 radical (unpaired) electrons. The van der Waals surface area contributed by atoms with Gasteiger partial charge in [-0.15, -0.1) is 0 Å². The molecule has 84 valence electrons. The minimum atomic E-state index is -1.55. The van der Waals surface area contributed by atoms with Gasteiger partial charge in [-0.2, -0.15) is 0 Å². The quantitative estimate of drug-likeness (QED) is 0.529. The summed E-state index contributed by atoms with van der Waals surface area (Å²) in [6.45, 7) is 7.21. The number of carbonyl (C=O) groups excluding carboxylic acids is 1. The van der Waals surface area contributed by atoms with Gasteiger partial charge in [0.15, 0.2) is 0 Å². The average molecular weight is 203 g/mol. The Morgan fingerprint density at radius 3 is 2.21 bits per heavy atom. The van der Waals surface area contributed by atoms with E-state index in [2.05, 4.69) is 5.32 Å². The maximum absolute atomic E-state index is 11.6. The summed E-state index contributed by atoms with van der Waals surface area (Å²) in [5.74, 6) is -0.616. The van der Waals surface area contributed by atoms with Crippen molar-refractivity contribution in [1.82, 2.24) is 5.32 Å². The van der Waals surface area contributed by atoms with Crippen LogP contribution in [-0.2, 0) is 9.53 Å². The molecule has 14 heavy (non-hydrogen) atoms. The van der Waals surface area contributed by atoms with Gasteiger partial charge in [0, 0.05) is 6.42 Å². The third-order valence-corrected chi connectivity index (χ3v) is 1.76. The van der Waals surface area contributed by atoms with Crippen molar-refractivity contribution in [2.75, 3.05) is 7.05 Å². The van der Waals surface area contributed by atoms with Crippen molar-refractivity contribution in [2.24, 2.45) is 0 Å². The van der Waals surface area contributed by atoms with Crippen molar-refractivity contribution in [1.29, 1.82) is 0 Å². The SMILES string of the molecule is CCCC(O)(NC)C(=O)OC(C)(C)C. The van der Waals surface area contributed by atoms with E-state index in [-0.39, 0.29) is 0 Å². The molecule has 1 atom stereocenters. The van der Waals surface area contributed by atoms with Gasteiger partial charge in [0.05, 0.1) is 0 Å². The van der Waals surface area contributed by atoms with Crippen LogP contribution in [0.1, 0.15) is 40.5 Å². The molecule has 0 aliphatic heterocycles. The number of hydrogen-bond donors (Lipinski definition) is 2. The van der Waals surface area contributed by atoms with E-state index in [1.165, 1.54) is 0 Å². The van der Waals surface area contributed by atoms with Crippen molar-refractivity contribution in [3.63, 3.8) is 0 Å². The molecule has 0 rings (SSSR count). The van der Waals surface area contributed by atoms with E-state index in [1.807, 2.05) is 6.92 Å². The zero-order chi connectivity index (χ0) is 11.4. The van der Waals surface area contributed by atoms with Crippen LogP contribution >= 0.6 is 0 Å². The van der Waals surface area contributed by atoms with Gasteiger partial charge >= 0.3 is 5.97 Å². The van der Waals surface area contributed by atoms with Gasteiger partial charge in [-0.05, 0) is 27.8 Å². The van der Waals surface area contributed by atoms with E-state index in [4.69, 9.17) is 4.74 Å². The van der Waals surface area contributed by atoms with Gasteiger partial charge in [-0.1, -0.05) is 13.3 Å². The Balaban J connectivity index is 4.46. The zero-order valence-corrected chi connectivity index (χ0v) is 9.68. The monoisotopic (exact) mass is 203 g/mol. The zero-order valence-electron chi connectivity index (χ0n) is 9.68. The minimum absolute atomic E-state index is 0.346. The molecule has 0 fully saturated rings. The number of esters is 1. The molecule has 2 N–H and O–H groups in total. The van der Waals surface area contributed by atoms with Crippen LogP contribution in [0.2, 0.25) is 0 Å². The second-order valence-electron chi connectivity index (χ2n) is 4.36. The lowest BCUT2D eigenvalue weighted by molar-refractivity contribution is -0.181. The van der Waals surface area contributed by atoms with E-state index in [0.717, 1.165) is 0 Å². The Morgan fingerprint density at radius 2 is 1.93 bits per heavy atom. The summed E-state index contributed by atoms with van der Waals surface area (Å²) < 4.78 is 5.09. The first-order valence-electron chi connectivity index (χ1n) is 4.90. The number of ether oxygens (including phenoxy) is 1. The Labute approximate surface area is 85.6 Å². The number of likely N-dealkylation sites (N-methyl/N-ethyl adjacent to an activating group) is 1. The summed E-state index contributed by atoms with van der Waals surface area (Å²) in [7, 11) is 1.54. The fourth-order valence-electron chi connectivity index (χ4n) is 1.05. The van der Waals surface area contributed by atoms with Crippen LogP contribution in [0, 0.1) is 0 Å². The summed E-state index contributed by atoms with van der Waals surface area (Å²) >= 11 is 0.